The number of carbonyl (C=O) groups excluding carboxylic acids is 1. The maximum Gasteiger partial charge on any atom is 0.410 e. The van der Waals surface area contributed by atoms with Crippen molar-refractivity contribution in [3.8, 4) is 33.8 Å². The fourth-order valence-electron chi connectivity index (χ4n) is 12.2. The number of benzene rings is 3. The number of thiazole rings is 3. The number of likely N-dealkylation sites (tertiary alicyclic amines) is 2. The Bertz CT molecular complexity index is 5230. The van der Waals surface area contributed by atoms with Gasteiger partial charge >= 0.3 is 6.09 Å². The van der Waals surface area contributed by atoms with Gasteiger partial charge in [0.05, 0.1) is 46.8 Å². The summed E-state index contributed by atoms with van der Waals surface area (Å²) < 4.78 is 91.9. The molecule has 508 valence electrons. The Kier molecular flexibility index (Phi) is 20.6. The summed E-state index contributed by atoms with van der Waals surface area (Å²) >= 11 is 15.3. The lowest BCUT2D eigenvalue weighted by molar-refractivity contribution is 0.0204. The average Bonchev–Trinajstić information content (AvgIpc) is 1.60. The molecule has 98 heavy (non-hydrogen) atoms. The number of aromatic nitrogens is 9. The Hall–Kier alpha value is -6.90. The van der Waals surface area contributed by atoms with E-state index in [9.17, 15) is 30.0 Å². The molecule has 20 nitrogen and oxygen atoms in total. The van der Waals surface area contributed by atoms with Crippen LogP contribution in [0.5, 0.6) is 0 Å². The topological polar surface area (TPSA) is 239 Å². The van der Waals surface area contributed by atoms with Crippen molar-refractivity contribution < 1.29 is 34.8 Å². The molecule has 0 bridgehead atoms. The molecule has 3 saturated heterocycles. The Balaban J connectivity index is 0.000000133. The van der Waals surface area contributed by atoms with Crippen LogP contribution in [0.25, 0.3) is 66.9 Å². The third kappa shape index (κ3) is 14.8. The minimum Gasteiger partial charge on any atom is -0.444 e. The fourth-order valence-corrected chi connectivity index (χ4v) is 20.2. The van der Waals surface area contributed by atoms with Crippen LogP contribution in [-0.4, -0.2) is 135 Å². The van der Waals surface area contributed by atoms with E-state index in [0.717, 1.165) is 126 Å². The monoisotopic (exact) mass is 1620 g/mol. The first-order chi connectivity index (χ1) is 47.0. The molecule has 0 saturated carbocycles. The molecular formula is C69H67Br3N12O8S6. The molecule has 1 amide bonds. The molecule has 0 atom stereocenters. The van der Waals surface area contributed by atoms with Crippen molar-refractivity contribution in [2.75, 3.05) is 46.3 Å². The van der Waals surface area contributed by atoms with E-state index >= 15 is 0 Å². The Labute approximate surface area is 605 Å². The number of ether oxygens (including phenoxy) is 1. The van der Waals surface area contributed by atoms with Gasteiger partial charge in [0.1, 0.15) is 5.60 Å². The molecule has 12 aromatic rings. The number of nitrogens with one attached hydrogen (secondary N) is 1. The molecule has 0 radical (unpaired) electrons. The van der Waals surface area contributed by atoms with Crippen molar-refractivity contribution in [3.05, 3.63) is 191 Å². The van der Waals surface area contributed by atoms with Crippen molar-refractivity contribution in [1.29, 1.82) is 0 Å². The molecule has 9 aromatic heterocycles. The summed E-state index contributed by atoms with van der Waals surface area (Å²) in [5, 5.41) is 14.8. The van der Waals surface area contributed by atoms with Crippen molar-refractivity contribution in [2.45, 2.75) is 97.3 Å². The number of halogens is 3. The highest BCUT2D eigenvalue weighted by atomic mass is 79.9. The summed E-state index contributed by atoms with van der Waals surface area (Å²) in [5.74, 6) is 1.14. The van der Waals surface area contributed by atoms with E-state index in [-0.39, 0.29) is 26.7 Å². The van der Waals surface area contributed by atoms with Crippen LogP contribution in [-0.2, 0) is 34.8 Å². The summed E-state index contributed by atoms with van der Waals surface area (Å²) in [5.41, 5.74) is 5.18. The van der Waals surface area contributed by atoms with Crippen LogP contribution in [0, 0.1) is 0 Å². The predicted molar refractivity (Wildman–Crippen MR) is 397 cm³/mol. The summed E-state index contributed by atoms with van der Waals surface area (Å²) in [4.78, 5) is 45.2. The molecule has 29 heteroatoms. The van der Waals surface area contributed by atoms with Crippen molar-refractivity contribution in [3.63, 3.8) is 0 Å². The molecule has 12 heterocycles. The molecular weight excluding hydrogens is 1560 g/mol. The average molecular weight is 1620 g/mol. The van der Waals surface area contributed by atoms with Crippen LogP contribution in [0.2, 0.25) is 0 Å². The van der Waals surface area contributed by atoms with E-state index < -0.39 is 35.7 Å². The molecule has 1 N–H and O–H groups in total. The zero-order valence-electron chi connectivity index (χ0n) is 53.6. The van der Waals surface area contributed by atoms with E-state index in [1.165, 1.54) is 11.9 Å². The van der Waals surface area contributed by atoms with Crippen LogP contribution >= 0.6 is 81.8 Å². The highest BCUT2D eigenvalue weighted by Gasteiger charge is 2.32. The fraction of sp³-hybridized carbons (Fsp3) is 0.290. The molecule has 0 spiro atoms. The molecule has 3 fully saturated rings. The van der Waals surface area contributed by atoms with Gasteiger partial charge in [0, 0.05) is 130 Å². The first-order valence-electron chi connectivity index (χ1n) is 31.7. The summed E-state index contributed by atoms with van der Waals surface area (Å²) in [6, 6.07) is 30.9. The lowest BCUT2D eigenvalue weighted by Gasteiger charge is -2.32. The van der Waals surface area contributed by atoms with Gasteiger partial charge in [-0.1, -0.05) is 54.6 Å². The van der Waals surface area contributed by atoms with Crippen LogP contribution in [0.3, 0.4) is 0 Å². The van der Waals surface area contributed by atoms with Crippen molar-refractivity contribution >= 4 is 151 Å². The second-order valence-corrected chi connectivity index (χ2v) is 36.0. The standard InChI is InChI=1S/C26H27BrN4O4S2.C22H21BrN4O2S2.C21H19BrN4O2S2/c1-26(2,3)35-25(32)30-11-9-17(10-12-30)24-29-22(16-36-24)21-15-31(23-20(21)13-18(27)14-28-23)37(33,34)19-7-5-4-6-8-19;1-26-9-7-15(8-10-26)22-25-20(14-30-22)19-13-27(21-18(19)11-16(23)12-24-21)31(28,29)17-5-3-2-4-6-17;22-15-10-17-18(19-13-29-21(25-19)14-6-8-23-9-7-14)12-26(20(17)24-11-15)30(27,28)16-4-2-1-3-5-16/h4-8,13-17H,9-12H2,1-3H3;2-6,11-15H,7-10H2,1H3;1-5,10-14,23H,6-9H2. The van der Waals surface area contributed by atoms with Crippen molar-refractivity contribution in [1.82, 2.24) is 56.9 Å². The molecule has 3 aromatic carbocycles. The lowest BCUT2D eigenvalue weighted by Crippen LogP contribution is -2.41. The van der Waals surface area contributed by atoms with Crippen LogP contribution in [0.4, 0.5) is 4.79 Å². The maximum absolute atomic E-state index is 13.5. The van der Waals surface area contributed by atoms with Gasteiger partial charge in [-0.05, 0) is 195 Å². The van der Waals surface area contributed by atoms with E-state index in [0.29, 0.717) is 58.5 Å². The Morgan fingerprint density at radius 1 is 0.490 bits per heavy atom. The van der Waals surface area contributed by atoms with Gasteiger partial charge in [-0.3, -0.25) is 0 Å². The smallest absolute Gasteiger partial charge is 0.410 e. The Morgan fingerprint density at radius 2 is 0.806 bits per heavy atom. The molecule has 0 unspecified atom stereocenters. The number of nitrogens with zero attached hydrogens (tertiary/aromatic N) is 11. The maximum atomic E-state index is 13.5. The number of pyridine rings is 3. The zero-order chi connectivity index (χ0) is 68.7. The predicted octanol–water partition coefficient (Wildman–Crippen LogP) is 15.9. The van der Waals surface area contributed by atoms with Gasteiger partial charge in [-0.15, -0.1) is 34.0 Å². The van der Waals surface area contributed by atoms with Gasteiger partial charge in [0.2, 0.25) is 0 Å². The van der Waals surface area contributed by atoms with Gasteiger partial charge in [0.15, 0.2) is 16.9 Å². The highest BCUT2D eigenvalue weighted by Crippen LogP contribution is 2.42. The molecule has 3 aliphatic heterocycles. The third-order valence-corrected chi connectivity index (χ3v) is 26.6. The number of hydrogen-bond donors (Lipinski definition) is 1. The SMILES string of the molecule is CC(C)(C)OC(=O)N1CCC(c2nc(-c3cn(S(=O)(=O)c4ccccc4)c4ncc(Br)cc34)cs2)CC1.CN1CCC(c2nc(-c3cn(S(=O)(=O)c4ccccc4)c4ncc(Br)cc34)cs2)CC1.O=S(=O)(c1ccccc1)n1cc(-c2csc(C3CCNCC3)n2)c2cc(Br)cnc21. The van der Waals surface area contributed by atoms with Gasteiger partial charge in [-0.25, -0.2) is 71.9 Å². The third-order valence-electron chi connectivity index (χ3n) is 17.3. The first-order valence-corrected chi connectivity index (χ1v) is 41.0. The minimum atomic E-state index is -3.84. The van der Waals surface area contributed by atoms with Gasteiger partial charge < -0.3 is 19.9 Å². The molecule has 3 aliphatic rings. The highest BCUT2D eigenvalue weighted by molar-refractivity contribution is 9.11. The number of fused-ring (bicyclic) bond motifs is 3. The van der Waals surface area contributed by atoms with E-state index in [1.807, 2.05) is 55.1 Å². The second-order valence-electron chi connectivity index (χ2n) is 25.1. The van der Waals surface area contributed by atoms with Crippen LogP contribution in [0.1, 0.15) is 92.1 Å². The number of hydrogen-bond acceptors (Lipinski definition) is 19. The van der Waals surface area contributed by atoms with Crippen LogP contribution in [0.15, 0.2) is 191 Å². The quantitative estimate of drug-likeness (QED) is 0.120. The first kappa shape index (κ1) is 69.6. The van der Waals surface area contributed by atoms with E-state index in [4.69, 9.17) is 19.7 Å². The number of amides is 1. The van der Waals surface area contributed by atoms with Gasteiger partial charge in [0.25, 0.3) is 30.1 Å². The van der Waals surface area contributed by atoms with Gasteiger partial charge in [-0.2, -0.15) is 0 Å². The van der Waals surface area contributed by atoms with Crippen LogP contribution < -0.4 is 5.32 Å². The Morgan fingerprint density at radius 3 is 1.13 bits per heavy atom. The summed E-state index contributed by atoms with van der Waals surface area (Å²) in [6.07, 6.45) is 15.4. The largest absolute Gasteiger partial charge is 0.444 e. The minimum absolute atomic E-state index is 0.193. The second kappa shape index (κ2) is 29.0. The van der Waals surface area contributed by atoms with Crippen molar-refractivity contribution in [2.24, 2.45) is 0 Å². The lowest BCUT2D eigenvalue weighted by atomic mass is 9.98. The molecule has 15 rings (SSSR count). The normalized spacial score (nSPS) is 15.7. The summed E-state index contributed by atoms with van der Waals surface area (Å²) in [6.45, 7) is 11.0. The molecule has 0 aliphatic carbocycles. The van der Waals surface area contributed by atoms with E-state index in [1.54, 1.807) is 167 Å². The number of rotatable bonds is 12. The zero-order valence-corrected chi connectivity index (χ0v) is 63.2. The summed E-state index contributed by atoms with van der Waals surface area (Å²) in [7, 11) is -9.24. The van der Waals surface area contributed by atoms with E-state index in [2.05, 4.69) is 80.0 Å². The number of piperidine rings is 3. The number of carbonyl (C=O) groups is 1.